The third kappa shape index (κ3) is 3.74. The molecule has 0 spiro atoms. The second kappa shape index (κ2) is 7.73. The lowest BCUT2D eigenvalue weighted by Gasteiger charge is -2.10. The van der Waals surface area contributed by atoms with E-state index in [1.807, 2.05) is 84.9 Å². The van der Waals surface area contributed by atoms with Crippen molar-refractivity contribution in [1.82, 2.24) is 0 Å². The highest BCUT2D eigenvalue weighted by Gasteiger charge is 2.17. The molecule has 0 aliphatic rings. The van der Waals surface area contributed by atoms with Crippen molar-refractivity contribution in [2.45, 2.75) is 0 Å². The number of carbonyl (C=O) groups excluding carboxylic acids is 1. The number of allylic oxidation sites excluding steroid dienone is 1. The van der Waals surface area contributed by atoms with Gasteiger partial charge >= 0.3 is 0 Å². The first-order valence-electron chi connectivity index (χ1n) is 7.47. The van der Waals surface area contributed by atoms with Crippen LogP contribution in [-0.4, -0.2) is 5.78 Å². The lowest BCUT2D eigenvalue weighted by Crippen LogP contribution is -2.04. The van der Waals surface area contributed by atoms with Gasteiger partial charge in [0.05, 0.1) is 0 Å². The van der Waals surface area contributed by atoms with E-state index in [9.17, 15) is 4.79 Å². The number of hydrogen-bond donors (Lipinski definition) is 0. The van der Waals surface area contributed by atoms with E-state index in [2.05, 4.69) is 31.9 Å². The van der Waals surface area contributed by atoms with Crippen LogP contribution in [0.4, 0.5) is 0 Å². The van der Waals surface area contributed by atoms with Crippen molar-refractivity contribution in [3.8, 4) is 0 Å². The number of rotatable bonds is 4. The van der Waals surface area contributed by atoms with Crippen LogP contribution in [0.3, 0.4) is 0 Å². The Morgan fingerprint density at radius 1 is 0.708 bits per heavy atom. The maximum Gasteiger partial charge on any atom is 0.194 e. The van der Waals surface area contributed by atoms with Crippen LogP contribution in [0.1, 0.15) is 21.5 Å². The Hall–Kier alpha value is -1.97. The van der Waals surface area contributed by atoms with E-state index in [4.69, 9.17) is 0 Å². The molecule has 3 aromatic carbocycles. The van der Waals surface area contributed by atoms with Gasteiger partial charge in [0.1, 0.15) is 0 Å². The molecule has 118 valence electrons. The summed E-state index contributed by atoms with van der Waals surface area (Å²) in [7, 11) is 0. The van der Waals surface area contributed by atoms with Crippen LogP contribution >= 0.6 is 31.9 Å². The van der Waals surface area contributed by atoms with E-state index in [-0.39, 0.29) is 5.78 Å². The first kappa shape index (κ1) is 16.9. The molecule has 0 heterocycles. The third-order valence-corrected chi connectivity index (χ3v) is 5.07. The van der Waals surface area contributed by atoms with Crippen molar-refractivity contribution in [3.63, 3.8) is 0 Å². The molecule has 0 aliphatic carbocycles. The number of Topliss-reactive ketones (excluding diaryl/α,β-unsaturated/α-hetero) is 1. The van der Waals surface area contributed by atoms with Crippen molar-refractivity contribution in [3.05, 3.63) is 104 Å². The molecule has 1 nitrogen and oxygen atoms in total. The van der Waals surface area contributed by atoms with Gasteiger partial charge < -0.3 is 0 Å². The molecule has 3 heteroatoms. The quantitative estimate of drug-likeness (QED) is 0.252. The standard InChI is InChI=1S/C21H14Br2O/c22-19-12-6-4-10-16(19)14-18(15-8-2-1-3-9-15)21(24)17-11-5-7-13-20(17)23/h1-14H/b18-14+. The van der Waals surface area contributed by atoms with Crippen molar-refractivity contribution in [2.24, 2.45) is 0 Å². The van der Waals surface area contributed by atoms with Crippen LogP contribution in [0.15, 0.2) is 87.8 Å². The topological polar surface area (TPSA) is 17.1 Å². The van der Waals surface area contributed by atoms with Crippen LogP contribution in [0, 0.1) is 0 Å². The van der Waals surface area contributed by atoms with E-state index in [1.54, 1.807) is 0 Å². The van der Waals surface area contributed by atoms with Gasteiger partial charge in [0.15, 0.2) is 5.78 Å². The SMILES string of the molecule is O=C(/C(=C/c1ccccc1Br)c1ccccc1)c1ccccc1Br. The Labute approximate surface area is 158 Å². The maximum absolute atomic E-state index is 13.2. The van der Waals surface area contributed by atoms with E-state index in [0.717, 1.165) is 20.1 Å². The van der Waals surface area contributed by atoms with Crippen molar-refractivity contribution >= 4 is 49.3 Å². The van der Waals surface area contributed by atoms with Crippen LogP contribution in [-0.2, 0) is 0 Å². The van der Waals surface area contributed by atoms with Gasteiger partial charge in [0, 0.05) is 20.1 Å². The van der Waals surface area contributed by atoms with Gasteiger partial charge in [0.25, 0.3) is 0 Å². The summed E-state index contributed by atoms with van der Waals surface area (Å²) >= 11 is 7.03. The Morgan fingerprint density at radius 2 is 1.29 bits per heavy atom. The molecular formula is C21H14Br2O. The van der Waals surface area contributed by atoms with Crippen molar-refractivity contribution < 1.29 is 4.79 Å². The molecule has 0 N–H and O–H groups in total. The molecule has 0 saturated carbocycles. The first-order valence-corrected chi connectivity index (χ1v) is 9.06. The van der Waals surface area contributed by atoms with Gasteiger partial charge in [-0.15, -0.1) is 0 Å². The molecule has 3 aromatic rings. The minimum absolute atomic E-state index is 0.00979. The Morgan fingerprint density at radius 3 is 1.96 bits per heavy atom. The molecule has 24 heavy (non-hydrogen) atoms. The number of benzene rings is 3. The second-order valence-electron chi connectivity index (χ2n) is 5.25. The van der Waals surface area contributed by atoms with E-state index >= 15 is 0 Å². The third-order valence-electron chi connectivity index (χ3n) is 3.65. The average molecular weight is 442 g/mol. The second-order valence-corrected chi connectivity index (χ2v) is 6.96. The lowest BCUT2D eigenvalue weighted by atomic mass is 9.95. The smallest absolute Gasteiger partial charge is 0.194 e. The molecule has 0 saturated heterocycles. The minimum Gasteiger partial charge on any atom is -0.289 e. The Bertz CT molecular complexity index is 898. The number of hydrogen-bond acceptors (Lipinski definition) is 1. The van der Waals surface area contributed by atoms with Gasteiger partial charge in [-0.2, -0.15) is 0 Å². The molecular weight excluding hydrogens is 428 g/mol. The summed E-state index contributed by atoms with van der Waals surface area (Å²) in [6.45, 7) is 0. The summed E-state index contributed by atoms with van der Waals surface area (Å²) < 4.78 is 1.75. The zero-order valence-electron chi connectivity index (χ0n) is 12.7. The normalized spacial score (nSPS) is 11.3. The Balaban J connectivity index is 2.15. The number of halogens is 2. The van der Waals surface area contributed by atoms with Crippen molar-refractivity contribution in [2.75, 3.05) is 0 Å². The molecule has 0 unspecified atom stereocenters. The minimum atomic E-state index is -0.00979. The fraction of sp³-hybridized carbons (Fsp3) is 0. The van der Waals surface area contributed by atoms with Crippen LogP contribution in [0.25, 0.3) is 11.6 Å². The summed E-state index contributed by atoms with van der Waals surface area (Å²) in [5, 5.41) is 0. The zero-order chi connectivity index (χ0) is 16.9. The molecule has 0 aromatic heterocycles. The largest absolute Gasteiger partial charge is 0.289 e. The van der Waals surface area contributed by atoms with Crippen LogP contribution in [0.2, 0.25) is 0 Å². The molecule has 0 amide bonds. The molecule has 0 aliphatic heterocycles. The summed E-state index contributed by atoms with van der Waals surface area (Å²) in [6.07, 6.45) is 1.93. The fourth-order valence-electron chi connectivity index (χ4n) is 2.44. The van der Waals surface area contributed by atoms with E-state index in [0.29, 0.717) is 11.1 Å². The molecule has 0 atom stereocenters. The molecule has 3 rings (SSSR count). The number of ketones is 1. The summed E-state index contributed by atoms with van der Waals surface area (Å²) in [6, 6.07) is 25.1. The molecule has 0 fully saturated rings. The van der Waals surface area contributed by atoms with Gasteiger partial charge in [-0.3, -0.25) is 4.79 Å². The first-order chi connectivity index (χ1) is 11.7. The van der Waals surface area contributed by atoms with Gasteiger partial charge in [-0.1, -0.05) is 92.5 Å². The predicted molar refractivity (Wildman–Crippen MR) is 107 cm³/mol. The Kier molecular flexibility index (Phi) is 5.44. The van der Waals surface area contributed by atoms with Crippen LogP contribution < -0.4 is 0 Å². The van der Waals surface area contributed by atoms with E-state index < -0.39 is 0 Å². The van der Waals surface area contributed by atoms with E-state index in [1.165, 1.54) is 0 Å². The number of carbonyl (C=O) groups is 1. The zero-order valence-corrected chi connectivity index (χ0v) is 15.9. The van der Waals surface area contributed by atoms with Gasteiger partial charge in [-0.05, 0) is 35.4 Å². The van der Waals surface area contributed by atoms with Crippen molar-refractivity contribution in [1.29, 1.82) is 0 Å². The highest BCUT2D eigenvalue weighted by atomic mass is 79.9. The van der Waals surface area contributed by atoms with Gasteiger partial charge in [-0.25, -0.2) is 0 Å². The summed E-state index contributed by atoms with van der Waals surface area (Å²) in [4.78, 5) is 13.2. The highest BCUT2D eigenvalue weighted by molar-refractivity contribution is 9.10. The summed E-state index contributed by atoms with van der Waals surface area (Å²) in [5.74, 6) is -0.00979. The maximum atomic E-state index is 13.2. The molecule has 0 radical (unpaired) electrons. The monoisotopic (exact) mass is 440 g/mol. The fourth-order valence-corrected chi connectivity index (χ4v) is 3.30. The predicted octanol–water partition coefficient (Wildman–Crippen LogP) is 6.64. The van der Waals surface area contributed by atoms with Crippen LogP contribution in [0.5, 0.6) is 0 Å². The summed E-state index contributed by atoms with van der Waals surface area (Å²) in [5.41, 5.74) is 3.18. The lowest BCUT2D eigenvalue weighted by molar-refractivity contribution is 0.105. The van der Waals surface area contributed by atoms with Gasteiger partial charge in [0.2, 0.25) is 0 Å². The average Bonchev–Trinajstić information content (AvgIpc) is 2.62. The molecule has 0 bridgehead atoms. The highest BCUT2D eigenvalue weighted by Crippen LogP contribution is 2.28.